The van der Waals surface area contributed by atoms with E-state index in [0.29, 0.717) is 73.2 Å². The van der Waals surface area contributed by atoms with Crippen molar-refractivity contribution in [2.24, 2.45) is 82.7 Å². The van der Waals surface area contributed by atoms with Crippen molar-refractivity contribution >= 4 is 32.6 Å². The van der Waals surface area contributed by atoms with Crippen LogP contribution in [0.3, 0.4) is 0 Å². The van der Waals surface area contributed by atoms with Gasteiger partial charge in [-0.15, -0.1) is 0 Å². The number of likely N-dealkylation sites (tertiary alicyclic amines) is 5. The summed E-state index contributed by atoms with van der Waals surface area (Å²) in [4.78, 5) is 55.3. The van der Waals surface area contributed by atoms with Gasteiger partial charge in [-0.25, -0.2) is 9.59 Å². The zero-order chi connectivity index (χ0) is 86.1. The molecule has 2 amide bonds. The van der Waals surface area contributed by atoms with E-state index in [2.05, 4.69) is 249 Å². The molecule has 13 atom stereocenters. The summed E-state index contributed by atoms with van der Waals surface area (Å²) in [7, 11) is 1.97. The first-order chi connectivity index (χ1) is 56.6. The minimum atomic E-state index is -0.436. The van der Waals surface area contributed by atoms with Gasteiger partial charge in [-0.3, -0.25) is 29.3 Å². The van der Waals surface area contributed by atoms with Crippen LogP contribution >= 0.6 is 0 Å². The predicted octanol–water partition coefficient (Wildman–Crippen LogP) is 15.3. The van der Waals surface area contributed by atoms with Crippen LogP contribution in [0.5, 0.6) is 0 Å². The van der Waals surface area contributed by atoms with E-state index in [9.17, 15) is 19.1 Å². The monoisotopic (exact) mass is 1620 g/mol. The third-order valence-electron chi connectivity index (χ3n) is 23.0. The summed E-state index contributed by atoms with van der Waals surface area (Å²) in [5, 5.41) is 38.9. The molecule has 0 bridgehead atoms. The minimum absolute atomic E-state index is 0.00958. The number of hydrogen-bond acceptors (Lipinski definition) is 19. The van der Waals surface area contributed by atoms with Crippen molar-refractivity contribution in [1.82, 2.24) is 45.8 Å². The van der Waals surface area contributed by atoms with E-state index in [0.717, 1.165) is 168 Å². The number of Topliss-reactive ketones (excluding diaryl/α,β-unsaturated/α-hetero) is 1. The number of carbonyl (C=O) groups is 3. The van der Waals surface area contributed by atoms with Gasteiger partial charge in [0.2, 0.25) is 0 Å². The van der Waals surface area contributed by atoms with Crippen molar-refractivity contribution in [2.75, 3.05) is 118 Å². The van der Waals surface area contributed by atoms with Crippen LogP contribution in [0.1, 0.15) is 163 Å². The second kappa shape index (κ2) is 56.8. The Morgan fingerprint density at radius 2 is 0.788 bits per heavy atom. The third kappa shape index (κ3) is 42.5. The zero-order valence-electron chi connectivity index (χ0n) is 74.2. The Bertz CT molecular complexity index is 3590. The molecule has 0 aromatic heterocycles. The largest absolute Gasteiger partial charge is 0.444 e. The molecule has 118 heavy (non-hydrogen) atoms. The van der Waals surface area contributed by atoms with Crippen molar-refractivity contribution in [1.29, 1.82) is 15.8 Å². The topological polar surface area (TPSA) is 267 Å². The standard InChI is InChI=1S/C19H30N2O2.C14H22N2.2C14H18N2.C13H17NO.C12H24N2O2.C7H12N2.C2H5B2O3/c1-15-13-21(14-16-8-6-5-7-9-16)11-10-17(15)12-20-18(22)23-19(2,3)4;3*1-12-10-16(8-7-14(12)9-15)11-13-5-3-2-4-6-13;1-11-9-14(8-7-13(11)15)10-12-5-3-2-4-6-12;1-9-7-13-6-5-10(9)8-14-11(15)16-12(2,3)4;1-6-5-9-3-2-7(6)4-8;1-3-7-6-2-4-5/h5-9,15,17H,10-14H2,1-4H3,(H,20,22);2-6,12,14H,7-11,15H2,1H3;2*2-6,12,14H,7-8,10-11H2,1H3;2-6,11H,7-10H2,1H3;9-10,13H,5-8H2,1-4H3,(H,14,15);6-7,9H,2-3,5H2,1H3;2H2,1H3/t15-,17?;2*12-,14?;12-,14-;;9-,10?;6-,7?;/m1111.11./s1. The number of alkyl carbamates (subject to hydrolysis) is 2. The molecule has 645 valence electrons. The van der Waals surface area contributed by atoms with E-state index in [4.69, 9.17) is 31.0 Å². The minimum Gasteiger partial charge on any atom is -0.444 e. The van der Waals surface area contributed by atoms with E-state index in [-0.39, 0.29) is 36.4 Å². The third-order valence-corrected chi connectivity index (χ3v) is 23.0. The summed E-state index contributed by atoms with van der Waals surface area (Å²) in [5.41, 5.74) is 11.8. The van der Waals surface area contributed by atoms with E-state index in [1.165, 1.54) is 54.8 Å². The maximum Gasteiger partial charge on any atom is 0.407 e. The molecule has 7 fully saturated rings. The molecule has 12 rings (SSSR count). The van der Waals surface area contributed by atoms with Gasteiger partial charge in [0.1, 0.15) is 17.0 Å². The van der Waals surface area contributed by atoms with Crippen molar-refractivity contribution in [3.05, 3.63) is 179 Å². The molecule has 7 aliphatic heterocycles. The molecule has 21 nitrogen and oxygen atoms in total. The van der Waals surface area contributed by atoms with E-state index in [1.54, 1.807) is 6.82 Å². The van der Waals surface area contributed by atoms with Gasteiger partial charge in [-0.1, -0.05) is 200 Å². The molecule has 1 radical (unpaired) electrons. The first-order valence-electron chi connectivity index (χ1n) is 43.7. The number of rotatable bonds is 19. The predicted molar refractivity (Wildman–Crippen MR) is 476 cm³/mol. The molecule has 7 saturated heterocycles. The van der Waals surface area contributed by atoms with Gasteiger partial charge in [0, 0.05) is 97.4 Å². The van der Waals surface area contributed by atoms with Crippen LogP contribution in [0, 0.1) is 111 Å². The molecule has 6 N–H and O–H groups in total. The fourth-order valence-electron chi connectivity index (χ4n) is 15.9. The number of benzene rings is 5. The number of piperidine rings is 7. The Balaban J connectivity index is 0.000000244. The number of amides is 2. The Morgan fingerprint density at radius 3 is 1.09 bits per heavy atom. The number of nitrogens with one attached hydrogen (secondary N) is 4. The van der Waals surface area contributed by atoms with Crippen LogP contribution < -0.4 is 27.0 Å². The van der Waals surface area contributed by atoms with Crippen molar-refractivity contribution in [3.8, 4) is 18.2 Å². The number of ketones is 1. The van der Waals surface area contributed by atoms with Crippen LogP contribution in [0.4, 0.5) is 9.59 Å². The number of ether oxygens (including phenoxy) is 2. The van der Waals surface area contributed by atoms with Gasteiger partial charge in [0.25, 0.3) is 0 Å². The van der Waals surface area contributed by atoms with Gasteiger partial charge in [-0.2, -0.15) is 15.8 Å². The molecule has 5 aromatic carbocycles. The summed E-state index contributed by atoms with van der Waals surface area (Å²) >= 11 is 0. The normalized spacial score (nSPS) is 24.8. The van der Waals surface area contributed by atoms with Gasteiger partial charge in [-0.05, 0) is 220 Å². The Morgan fingerprint density at radius 1 is 0.458 bits per heavy atom. The van der Waals surface area contributed by atoms with Crippen molar-refractivity contribution < 1.29 is 38.3 Å². The fourth-order valence-corrected chi connectivity index (χ4v) is 15.9. The van der Waals surface area contributed by atoms with E-state index >= 15 is 0 Å². The molecular weight excluding hydrogens is 1470 g/mol. The average Bonchev–Trinajstić information content (AvgIpc) is 0.878. The SMILES string of the molecule is CC1CN(Cc2ccccc2)CCC1=O.C[B]OOCB=O.C[C@@H]1CN(Cc2ccccc2)CCC1C#N.C[C@@H]1CN(Cc2ccccc2)CCC1CN.C[C@@H]1CN(Cc2ccccc2)CCC1CNC(=O)OC(C)(C)C.C[C@@H]1CN(Cc2ccccc2)CC[C@@H]1C#N.C[C@@H]1CNCCC1C#N.C[C@@H]1CNCCC1CNC(=O)OC(C)(C)C. The first-order valence-corrected chi connectivity index (χ1v) is 43.7. The fraction of sp³-hybridized carbons (Fsp3) is 0.621. The molecular formula is C95H146B2N13O8. The Hall–Kier alpha value is -7.69. The van der Waals surface area contributed by atoms with Crippen LogP contribution in [0.15, 0.2) is 152 Å². The number of nitrogens with two attached hydrogens (primary N) is 1. The smallest absolute Gasteiger partial charge is 0.407 e. The van der Waals surface area contributed by atoms with Crippen LogP contribution in [-0.2, 0) is 61.4 Å². The van der Waals surface area contributed by atoms with Crippen LogP contribution in [0.2, 0.25) is 6.82 Å². The quantitative estimate of drug-likeness (QED) is 0.0223. The molecule has 0 aliphatic carbocycles. The second-order valence-corrected chi connectivity index (χ2v) is 35.5. The van der Waals surface area contributed by atoms with Gasteiger partial charge in [0.15, 0.2) is 0 Å². The summed E-state index contributed by atoms with van der Waals surface area (Å²) < 4.78 is 20.0. The molecule has 23 heteroatoms. The Labute approximate surface area is 712 Å². The molecule has 6 unspecified atom stereocenters. The number of carbonyl (C=O) groups excluding carboxylic acids is 3. The van der Waals surface area contributed by atoms with Crippen molar-refractivity contribution in [2.45, 2.75) is 186 Å². The van der Waals surface area contributed by atoms with Crippen LogP contribution in [-0.4, -0.2) is 186 Å². The second-order valence-electron chi connectivity index (χ2n) is 35.5. The number of nitriles is 3. The molecule has 0 saturated carbocycles. The van der Waals surface area contributed by atoms with Gasteiger partial charge < -0.3 is 36.5 Å². The maximum absolute atomic E-state index is 11.8. The first kappa shape index (κ1) is 101. The summed E-state index contributed by atoms with van der Waals surface area (Å²) in [6, 6.07) is 60.0. The Kier molecular flexibility index (Phi) is 48.5. The molecule has 5 aromatic rings. The summed E-state index contributed by atoms with van der Waals surface area (Å²) in [6.07, 6.45) is 6.65. The molecule has 7 heterocycles. The van der Waals surface area contributed by atoms with Gasteiger partial charge >= 0.3 is 54.5 Å². The number of hydrogen-bond donors (Lipinski definition) is 5. The van der Waals surface area contributed by atoms with Gasteiger partial charge in [0.05, 0.1) is 36.0 Å². The zero-order valence-corrected chi connectivity index (χ0v) is 74.2. The van der Waals surface area contributed by atoms with Crippen LogP contribution in [0.25, 0.3) is 0 Å². The maximum atomic E-state index is 11.8. The average molecular weight is 1620 g/mol. The summed E-state index contributed by atoms with van der Waals surface area (Å²) in [6.45, 7) is 50.3. The molecule has 0 spiro atoms. The molecule has 7 aliphatic rings. The number of nitrogens with zero attached hydrogens (tertiary/aromatic N) is 8. The summed E-state index contributed by atoms with van der Waals surface area (Å²) in [5.74, 6) is 6.73. The van der Waals surface area contributed by atoms with Crippen molar-refractivity contribution in [3.63, 3.8) is 0 Å². The van der Waals surface area contributed by atoms with E-state index < -0.39 is 11.2 Å². The van der Waals surface area contributed by atoms with E-state index in [1.807, 2.05) is 66.7 Å².